The molecule has 0 radical (unpaired) electrons. The molecular weight excluding hydrogens is 442 g/mol. The van der Waals surface area contributed by atoms with Gasteiger partial charge in [-0.1, -0.05) is 42.9 Å². The van der Waals surface area contributed by atoms with Gasteiger partial charge in [0.05, 0.1) is 43.2 Å². The van der Waals surface area contributed by atoms with Crippen LogP contribution in [0.3, 0.4) is 0 Å². The fourth-order valence-corrected chi connectivity index (χ4v) is 3.92. The summed E-state index contributed by atoms with van der Waals surface area (Å²) in [5.41, 5.74) is 5.92. The number of nitrogens with one attached hydrogen (secondary N) is 1. The van der Waals surface area contributed by atoms with E-state index >= 15 is 0 Å². The Bertz CT molecular complexity index is 1220. The zero-order valence-corrected chi connectivity index (χ0v) is 21.0. The van der Waals surface area contributed by atoms with Gasteiger partial charge in [-0.3, -0.25) is 19.9 Å². The van der Waals surface area contributed by atoms with Crippen molar-refractivity contribution in [2.75, 3.05) is 7.11 Å². The highest BCUT2D eigenvalue weighted by Gasteiger charge is 2.10. The predicted octanol–water partition coefficient (Wildman–Crippen LogP) is 6.32. The van der Waals surface area contributed by atoms with Gasteiger partial charge >= 0.3 is 0 Å². The number of fused-ring (bicyclic) bond motifs is 1. The molecule has 0 spiro atoms. The molecule has 0 atom stereocenters. The Morgan fingerprint density at radius 1 is 1.21 bits per heavy atom. The van der Waals surface area contributed by atoms with Gasteiger partial charge in [0.25, 0.3) is 0 Å². The minimum Gasteiger partial charge on any atom is -0.494 e. The molecule has 7 heteroatoms. The Balaban J connectivity index is 1.58. The molecule has 0 saturated heterocycles. The molecule has 0 saturated carbocycles. The van der Waals surface area contributed by atoms with Crippen LogP contribution >= 0.6 is 11.9 Å². The summed E-state index contributed by atoms with van der Waals surface area (Å²) in [5.74, 6) is 1.47. The van der Waals surface area contributed by atoms with Crippen LogP contribution in [0.2, 0.25) is 0 Å². The molecule has 0 aliphatic rings. The maximum atomic E-state index is 5.64. The van der Waals surface area contributed by atoms with Gasteiger partial charge in [-0.25, -0.2) is 0 Å². The number of methoxy groups -OCH3 is 1. The zero-order valence-electron chi connectivity index (χ0n) is 20.2. The molecule has 0 amide bonds. The second kappa shape index (κ2) is 13.3. The number of nitrogens with zero attached hydrogens (tertiary/aromatic N) is 4. The van der Waals surface area contributed by atoms with Crippen molar-refractivity contribution in [3.05, 3.63) is 89.7 Å². The first-order chi connectivity index (χ1) is 16.6. The van der Waals surface area contributed by atoms with Crippen molar-refractivity contribution >= 4 is 34.8 Å². The third-order valence-corrected chi connectivity index (χ3v) is 5.64. The van der Waals surface area contributed by atoms with Crippen molar-refractivity contribution < 1.29 is 4.74 Å². The number of aromatic nitrogens is 3. The van der Waals surface area contributed by atoms with E-state index in [1.54, 1.807) is 19.6 Å². The number of hydrogen-bond donors (Lipinski definition) is 1. The van der Waals surface area contributed by atoms with Crippen molar-refractivity contribution in [2.45, 2.75) is 39.5 Å². The van der Waals surface area contributed by atoms with Crippen LogP contribution in [0.5, 0.6) is 5.75 Å². The molecule has 0 bridgehead atoms. The fourth-order valence-electron chi connectivity index (χ4n) is 3.39. The van der Waals surface area contributed by atoms with Crippen molar-refractivity contribution in [1.82, 2.24) is 19.7 Å². The highest BCUT2D eigenvalue weighted by molar-refractivity contribution is 7.97. The Morgan fingerprint density at radius 2 is 2.09 bits per heavy atom. The first-order valence-corrected chi connectivity index (χ1v) is 12.2. The molecule has 0 aliphatic heterocycles. The summed E-state index contributed by atoms with van der Waals surface area (Å²) < 4.78 is 8.79. The van der Waals surface area contributed by atoms with E-state index in [0.717, 1.165) is 51.4 Å². The Labute approximate surface area is 206 Å². The lowest BCUT2D eigenvalue weighted by atomic mass is 10.1. The first kappa shape index (κ1) is 25.2. The first-order valence-electron chi connectivity index (χ1n) is 11.2. The maximum absolute atomic E-state index is 5.64. The van der Waals surface area contributed by atoms with Crippen molar-refractivity contribution in [3.8, 4) is 5.75 Å². The van der Waals surface area contributed by atoms with Crippen LogP contribution in [0.15, 0.2) is 77.7 Å². The quantitative estimate of drug-likeness (QED) is 0.116. The molecule has 0 aromatic carbocycles. The maximum Gasteiger partial charge on any atom is 0.145 e. The van der Waals surface area contributed by atoms with E-state index in [0.29, 0.717) is 6.54 Å². The molecule has 0 aliphatic carbocycles. The number of hydrogen-bond acceptors (Lipinski definition) is 6. The molecule has 3 aromatic heterocycles. The predicted molar refractivity (Wildman–Crippen MR) is 144 cm³/mol. The lowest BCUT2D eigenvalue weighted by Crippen LogP contribution is -2.02. The van der Waals surface area contributed by atoms with Gasteiger partial charge in [-0.15, -0.1) is 0 Å². The van der Waals surface area contributed by atoms with E-state index in [2.05, 4.69) is 62.8 Å². The molecule has 1 N–H and O–H groups in total. The minimum absolute atomic E-state index is 0.508. The topological polar surface area (TPSA) is 72.3 Å². The highest BCUT2D eigenvalue weighted by Crippen LogP contribution is 2.27. The van der Waals surface area contributed by atoms with E-state index in [1.807, 2.05) is 43.6 Å². The average molecular weight is 474 g/mol. The molecule has 3 aromatic rings. The molecule has 3 heterocycles. The molecule has 0 unspecified atom stereocenters. The van der Waals surface area contributed by atoms with E-state index in [4.69, 9.17) is 4.74 Å². The van der Waals surface area contributed by atoms with Gasteiger partial charge in [0.2, 0.25) is 0 Å². The van der Waals surface area contributed by atoms with Gasteiger partial charge in [0, 0.05) is 23.4 Å². The van der Waals surface area contributed by atoms with Crippen molar-refractivity contribution in [1.29, 1.82) is 0 Å². The third kappa shape index (κ3) is 7.28. The normalized spacial score (nSPS) is 12.7. The lowest BCUT2D eigenvalue weighted by Gasteiger charge is -2.10. The molecule has 6 nitrogen and oxygen atoms in total. The number of ether oxygens (including phenoxy) is 1. The minimum atomic E-state index is 0.508. The average Bonchev–Trinajstić information content (AvgIpc) is 2.85. The smallest absolute Gasteiger partial charge is 0.145 e. The largest absolute Gasteiger partial charge is 0.494 e. The second-order valence-electron chi connectivity index (χ2n) is 7.60. The molecule has 0 fully saturated rings. The van der Waals surface area contributed by atoms with Crippen molar-refractivity contribution in [2.24, 2.45) is 4.99 Å². The van der Waals surface area contributed by atoms with Crippen LogP contribution in [0.4, 0.5) is 0 Å². The Hall–Kier alpha value is -3.45. The summed E-state index contributed by atoms with van der Waals surface area (Å²) in [6.07, 6.45) is 16.5. The summed E-state index contributed by atoms with van der Waals surface area (Å²) in [6, 6.07) is 8.03. The monoisotopic (exact) mass is 473 g/mol. The SMILES string of the molecule is C\C=C/C(=C\C(C)=C\CC)c1ncc(CN=CNSCc2cc3cccnc3cn2)cc1OC. The van der Waals surface area contributed by atoms with Gasteiger partial charge in [0.1, 0.15) is 11.4 Å². The van der Waals surface area contributed by atoms with Crippen LogP contribution in [-0.2, 0) is 12.3 Å². The van der Waals surface area contributed by atoms with Gasteiger partial charge in [-0.05, 0) is 56.0 Å². The molecule has 3 rings (SSSR count). The van der Waals surface area contributed by atoms with Crippen LogP contribution in [0, 0.1) is 0 Å². The fraction of sp³-hybridized carbons (Fsp3) is 0.259. The van der Waals surface area contributed by atoms with Gasteiger partial charge in [0.15, 0.2) is 0 Å². The van der Waals surface area contributed by atoms with E-state index in [9.17, 15) is 0 Å². The standard InChI is InChI=1S/C27H31N5OS/c1-5-8-20(3)12-23(9-6-2)27-26(33-4)13-21(16-31-27)15-28-19-32-34-18-24-14-22-10-7-11-29-25(22)17-30-24/h6-14,16-17,19H,5,15,18H2,1-4H3,(H,28,32)/b9-6-,20-8+,23-12+. The number of rotatable bonds is 11. The highest BCUT2D eigenvalue weighted by atomic mass is 32.2. The zero-order chi connectivity index (χ0) is 24.2. The van der Waals surface area contributed by atoms with Crippen LogP contribution in [0.25, 0.3) is 16.5 Å². The number of pyridine rings is 3. The Kier molecular flexibility index (Phi) is 9.85. The van der Waals surface area contributed by atoms with Crippen LogP contribution in [-0.4, -0.2) is 28.4 Å². The summed E-state index contributed by atoms with van der Waals surface area (Å²) in [5, 5.41) is 1.09. The van der Waals surface area contributed by atoms with E-state index < -0.39 is 0 Å². The Morgan fingerprint density at radius 3 is 2.88 bits per heavy atom. The van der Waals surface area contributed by atoms with E-state index in [1.165, 1.54) is 17.5 Å². The molecular formula is C27H31N5OS. The van der Waals surface area contributed by atoms with Crippen LogP contribution < -0.4 is 9.46 Å². The van der Waals surface area contributed by atoms with Crippen LogP contribution in [0.1, 0.15) is 44.1 Å². The van der Waals surface area contributed by atoms with Gasteiger partial charge < -0.3 is 9.46 Å². The third-order valence-electron chi connectivity index (χ3n) is 4.93. The van der Waals surface area contributed by atoms with Gasteiger partial charge in [-0.2, -0.15) is 0 Å². The lowest BCUT2D eigenvalue weighted by molar-refractivity contribution is 0.411. The second-order valence-corrected chi connectivity index (χ2v) is 8.41. The number of allylic oxidation sites excluding steroid dienone is 6. The summed E-state index contributed by atoms with van der Waals surface area (Å²) in [4.78, 5) is 17.9. The molecule has 34 heavy (non-hydrogen) atoms. The number of aliphatic imine (C=N–C) groups is 1. The summed E-state index contributed by atoms with van der Waals surface area (Å²) in [7, 11) is 1.67. The van der Waals surface area contributed by atoms with E-state index in [-0.39, 0.29) is 0 Å². The molecule has 176 valence electrons. The summed E-state index contributed by atoms with van der Waals surface area (Å²) >= 11 is 1.54. The van der Waals surface area contributed by atoms with Crippen molar-refractivity contribution in [3.63, 3.8) is 0 Å². The summed E-state index contributed by atoms with van der Waals surface area (Å²) in [6.45, 7) is 6.74.